The van der Waals surface area contributed by atoms with Crippen LogP contribution in [-0.2, 0) is 4.74 Å². The summed E-state index contributed by atoms with van der Waals surface area (Å²) in [4.78, 5) is 12.2. The first-order valence-corrected chi connectivity index (χ1v) is 9.91. The molecule has 0 unspecified atom stereocenters. The first kappa shape index (κ1) is 22.1. The minimum Gasteiger partial charge on any atom is -0.490 e. The Labute approximate surface area is 158 Å². The fourth-order valence-electron chi connectivity index (χ4n) is 2.24. The zero-order valence-electron chi connectivity index (χ0n) is 16.8. The smallest absolute Gasteiger partial charge is 0.338 e. The van der Waals surface area contributed by atoms with E-state index in [1.165, 1.54) is 0 Å². The van der Waals surface area contributed by atoms with Gasteiger partial charge in [0, 0.05) is 0 Å². The molecule has 26 heavy (non-hydrogen) atoms. The second kappa shape index (κ2) is 13.3. The second-order valence-electron chi connectivity index (χ2n) is 6.13. The summed E-state index contributed by atoms with van der Waals surface area (Å²) in [6.07, 6.45) is 5.92. The van der Waals surface area contributed by atoms with E-state index in [1.54, 1.807) is 19.1 Å². The molecule has 0 fully saturated rings. The molecule has 1 aromatic carbocycles. The Balaban J connectivity index is 3.15. The van der Waals surface area contributed by atoms with E-state index in [0.717, 1.165) is 38.5 Å². The molecule has 0 radical (unpaired) electrons. The fourth-order valence-corrected chi connectivity index (χ4v) is 2.24. The monoisotopic (exact) mass is 366 g/mol. The number of hydrogen-bond acceptors (Lipinski definition) is 5. The van der Waals surface area contributed by atoms with Gasteiger partial charge in [-0.15, -0.1) is 0 Å². The third-order valence-corrected chi connectivity index (χ3v) is 3.79. The van der Waals surface area contributed by atoms with Crippen LogP contribution in [-0.4, -0.2) is 32.4 Å². The number of hydrogen-bond donors (Lipinski definition) is 0. The number of carbonyl (C=O) groups excluding carboxylic acids is 1. The highest BCUT2D eigenvalue weighted by Crippen LogP contribution is 2.39. The lowest BCUT2D eigenvalue weighted by molar-refractivity contribution is 0.0525. The fraction of sp³-hybridized carbons (Fsp3) is 0.667. The molecule has 0 N–H and O–H groups in total. The molecule has 148 valence electrons. The lowest BCUT2D eigenvalue weighted by Gasteiger charge is -2.18. The quantitative estimate of drug-likeness (QED) is 0.326. The van der Waals surface area contributed by atoms with Gasteiger partial charge in [0.15, 0.2) is 11.5 Å². The molecule has 0 amide bonds. The van der Waals surface area contributed by atoms with Crippen LogP contribution in [0.4, 0.5) is 0 Å². The Morgan fingerprint density at radius 3 is 1.65 bits per heavy atom. The standard InChI is InChI=1S/C21H34O5/c1-5-9-12-24-18-15-17(21(22)23-8-4)16-19(25-13-10-6-2)20(18)26-14-11-7-3/h15-16H,5-14H2,1-4H3. The molecular formula is C21H34O5. The van der Waals surface area contributed by atoms with Gasteiger partial charge in [0.1, 0.15) is 0 Å². The Morgan fingerprint density at radius 1 is 0.769 bits per heavy atom. The lowest BCUT2D eigenvalue weighted by Crippen LogP contribution is -2.10. The summed E-state index contributed by atoms with van der Waals surface area (Å²) < 4.78 is 22.9. The Kier molecular flexibility index (Phi) is 11.3. The maximum atomic E-state index is 12.2. The highest BCUT2D eigenvalue weighted by atomic mass is 16.5. The van der Waals surface area contributed by atoms with Crippen LogP contribution in [0, 0.1) is 0 Å². The van der Waals surface area contributed by atoms with Crippen LogP contribution < -0.4 is 14.2 Å². The summed E-state index contributed by atoms with van der Waals surface area (Å²) in [5.74, 6) is 1.30. The number of unbranched alkanes of at least 4 members (excludes halogenated alkanes) is 3. The van der Waals surface area contributed by atoms with Crippen molar-refractivity contribution < 1.29 is 23.7 Å². The predicted molar refractivity (Wildman–Crippen MR) is 104 cm³/mol. The van der Waals surface area contributed by atoms with E-state index in [2.05, 4.69) is 20.8 Å². The molecule has 0 aliphatic rings. The average molecular weight is 366 g/mol. The number of esters is 1. The predicted octanol–water partition coefficient (Wildman–Crippen LogP) is 5.40. The van der Waals surface area contributed by atoms with Crippen molar-refractivity contribution in [3.63, 3.8) is 0 Å². The molecule has 0 aliphatic heterocycles. The van der Waals surface area contributed by atoms with Crippen molar-refractivity contribution in [3.8, 4) is 17.2 Å². The normalized spacial score (nSPS) is 10.5. The molecule has 0 spiro atoms. The summed E-state index contributed by atoms with van der Waals surface area (Å²) in [6.45, 7) is 10.2. The van der Waals surface area contributed by atoms with E-state index < -0.39 is 0 Å². The van der Waals surface area contributed by atoms with E-state index in [1.807, 2.05) is 0 Å². The lowest BCUT2D eigenvalue weighted by atomic mass is 10.1. The van der Waals surface area contributed by atoms with Gasteiger partial charge >= 0.3 is 5.97 Å². The Bertz CT molecular complexity index is 496. The van der Waals surface area contributed by atoms with Crippen LogP contribution in [0.2, 0.25) is 0 Å². The minimum absolute atomic E-state index is 0.325. The number of benzene rings is 1. The van der Waals surface area contributed by atoms with Crippen LogP contribution in [0.3, 0.4) is 0 Å². The molecule has 0 aromatic heterocycles. The maximum Gasteiger partial charge on any atom is 0.338 e. The van der Waals surface area contributed by atoms with E-state index in [-0.39, 0.29) is 5.97 Å². The molecule has 0 aliphatic carbocycles. The van der Waals surface area contributed by atoms with Crippen molar-refractivity contribution in [2.24, 2.45) is 0 Å². The largest absolute Gasteiger partial charge is 0.490 e. The summed E-state index contributed by atoms with van der Waals surface area (Å²) in [6, 6.07) is 3.39. The van der Waals surface area contributed by atoms with Crippen molar-refractivity contribution in [1.82, 2.24) is 0 Å². The molecule has 0 bridgehead atoms. The third-order valence-electron chi connectivity index (χ3n) is 3.79. The van der Waals surface area contributed by atoms with E-state index in [0.29, 0.717) is 49.2 Å². The Hall–Kier alpha value is -1.91. The van der Waals surface area contributed by atoms with Gasteiger partial charge in [-0.3, -0.25) is 0 Å². The van der Waals surface area contributed by atoms with Crippen LogP contribution >= 0.6 is 0 Å². The molecule has 0 saturated heterocycles. The van der Waals surface area contributed by atoms with Crippen molar-refractivity contribution in [2.45, 2.75) is 66.2 Å². The molecule has 5 nitrogen and oxygen atoms in total. The average Bonchev–Trinajstić information content (AvgIpc) is 2.64. The summed E-state index contributed by atoms with van der Waals surface area (Å²) in [5, 5.41) is 0. The van der Waals surface area contributed by atoms with E-state index >= 15 is 0 Å². The number of ether oxygens (including phenoxy) is 4. The second-order valence-corrected chi connectivity index (χ2v) is 6.13. The number of rotatable bonds is 14. The van der Waals surface area contributed by atoms with Crippen LogP contribution in [0.1, 0.15) is 76.6 Å². The van der Waals surface area contributed by atoms with Gasteiger partial charge in [0.05, 0.1) is 32.0 Å². The molecule has 0 saturated carbocycles. The summed E-state index contributed by atoms with van der Waals surface area (Å²) >= 11 is 0. The van der Waals surface area contributed by atoms with E-state index in [9.17, 15) is 4.79 Å². The van der Waals surface area contributed by atoms with E-state index in [4.69, 9.17) is 18.9 Å². The SMILES string of the molecule is CCCCOc1cc(C(=O)OCC)cc(OCCCC)c1OCCCC. The van der Waals surface area contributed by atoms with Crippen LogP contribution in [0.25, 0.3) is 0 Å². The Morgan fingerprint density at radius 2 is 1.23 bits per heavy atom. The van der Waals surface area contributed by atoms with Gasteiger partial charge in [-0.25, -0.2) is 4.79 Å². The van der Waals surface area contributed by atoms with Crippen molar-refractivity contribution in [1.29, 1.82) is 0 Å². The molecule has 0 heterocycles. The maximum absolute atomic E-state index is 12.2. The zero-order chi connectivity index (χ0) is 19.2. The third kappa shape index (κ3) is 7.54. The topological polar surface area (TPSA) is 54.0 Å². The van der Waals surface area contributed by atoms with Gasteiger partial charge in [-0.2, -0.15) is 0 Å². The van der Waals surface area contributed by atoms with Crippen molar-refractivity contribution in [2.75, 3.05) is 26.4 Å². The van der Waals surface area contributed by atoms with Crippen LogP contribution in [0.15, 0.2) is 12.1 Å². The molecule has 1 aromatic rings. The van der Waals surface area contributed by atoms with Gasteiger partial charge in [0.25, 0.3) is 0 Å². The molecule has 1 rings (SSSR count). The molecular weight excluding hydrogens is 332 g/mol. The molecule has 5 heteroatoms. The van der Waals surface area contributed by atoms with Crippen molar-refractivity contribution >= 4 is 5.97 Å². The zero-order valence-corrected chi connectivity index (χ0v) is 16.8. The number of carbonyl (C=O) groups is 1. The van der Waals surface area contributed by atoms with Gasteiger partial charge < -0.3 is 18.9 Å². The van der Waals surface area contributed by atoms with Crippen LogP contribution in [0.5, 0.6) is 17.2 Å². The summed E-state index contributed by atoms with van der Waals surface area (Å²) in [5.41, 5.74) is 0.424. The van der Waals surface area contributed by atoms with Gasteiger partial charge in [-0.1, -0.05) is 40.0 Å². The highest BCUT2D eigenvalue weighted by Gasteiger charge is 2.19. The molecule has 0 atom stereocenters. The van der Waals surface area contributed by atoms with Gasteiger partial charge in [0.2, 0.25) is 5.75 Å². The minimum atomic E-state index is -0.381. The first-order chi connectivity index (χ1) is 12.7. The van der Waals surface area contributed by atoms with Gasteiger partial charge in [-0.05, 0) is 38.3 Å². The highest BCUT2D eigenvalue weighted by molar-refractivity contribution is 5.91. The van der Waals surface area contributed by atoms with Crippen molar-refractivity contribution in [3.05, 3.63) is 17.7 Å². The first-order valence-electron chi connectivity index (χ1n) is 9.91. The summed E-state index contributed by atoms with van der Waals surface area (Å²) in [7, 11) is 0.